The van der Waals surface area contributed by atoms with Gasteiger partial charge in [-0.1, -0.05) is 19.1 Å². The van der Waals surface area contributed by atoms with Gasteiger partial charge in [-0.2, -0.15) is 0 Å². The molecule has 2 rings (SSSR count). The van der Waals surface area contributed by atoms with E-state index in [4.69, 9.17) is 4.74 Å². The minimum atomic E-state index is 0.187. The average molecular weight is 261 g/mol. The zero-order valence-electron chi connectivity index (χ0n) is 12.1. The number of nitrogens with zero attached hydrogens (tertiary/aromatic N) is 1. The van der Waals surface area contributed by atoms with Crippen LogP contribution in [0.2, 0.25) is 0 Å². The van der Waals surface area contributed by atoms with Crippen molar-refractivity contribution in [1.82, 2.24) is 4.90 Å². The molecule has 1 fully saturated rings. The van der Waals surface area contributed by atoms with Gasteiger partial charge in [0.15, 0.2) is 0 Å². The van der Waals surface area contributed by atoms with Gasteiger partial charge in [0.2, 0.25) is 5.91 Å². The summed E-state index contributed by atoms with van der Waals surface area (Å²) >= 11 is 0. The standard InChI is InChI=1S/C16H23NO2/c1-4-13-5-6-15(16(11-13)19-3)14-7-9-17(10-8-14)12(2)18/h5-6,11,14H,4,7-10H2,1-3H3. The van der Waals surface area contributed by atoms with Crippen molar-refractivity contribution in [3.63, 3.8) is 0 Å². The number of piperidine rings is 1. The molecule has 0 radical (unpaired) electrons. The first-order chi connectivity index (χ1) is 9.15. The highest BCUT2D eigenvalue weighted by atomic mass is 16.5. The van der Waals surface area contributed by atoms with Crippen molar-refractivity contribution < 1.29 is 9.53 Å². The molecule has 0 unspecified atom stereocenters. The fourth-order valence-electron chi connectivity index (χ4n) is 2.82. The first kappa shape index (κ1) is 13.9. The van der Waals surface area contributed by atoms with Crippen molar-refractivity contribution in [2.75, 3.05) is 20.2 Å². The van der Waals surface area contributed by atoms with Gasteiger partial charge in [-0.3, -0.25) is 4.79 Å². The SMILES string of the molecule is CCc1ccc(C2CCN(C(C)=O)CC2)c(OC)c1. The van der Waals surface area contributed by atoms with E-state index in [-0.39, 0.29) is 5.91 Å². The predicted molar refractivity (Wildman–Crippen MR) is 76.6 cm³/mol. The zero-order valence-corrected chi connectivity index (χ0v) is 12.1. The summed E-state index contributed by atoms with van der Waals surface area (Å²) < 4.78 is 5.53. The van der Waals surface area contributed by atoms with Crippen LogP contribution in [0.25, 0.3) is 0 Å². The first-order valence-corrected chi connectivity index (χ1v) is 7.08. The third kappa shape index (κ3) is 3.09. The quantitative estimate of drug-likeness (QED) is 0.837. The van der Waals surface area contributed by atoms with E-state index in [1.165, 1.54) is 11.1 Å². The van der Waals surface area contributed by atoms with Crippen molar-refractivity contribution in [3.8, 4) is 5.75 Å². The minimum absolute atomic E-state index is 0.187. The molecule has 1 amide bonds. The molecule has 1 aromatic rings. The monoisotopic (exact) mass is 261 g/mol. The number of carbonyl (C=O) groups is 1. The summed E-state index contributed by atoms with van der Waals surface area (Å²) in [7, 11) is 1.74. The Kier molecular flexibility index (Phi) is 4.46. The summed E-state index contributed by atoms with van der Waals surface area (Å²) in [6, 6.07) is 6.54. The molecule has 0 atom stereocenters. The number of methoxy groups -OCH3 is 1. The number of amides is 1. The second-order valence-corrected chi connectivity index (χ2v) is 5.21. The molecule has 0 bridgehead atoms. The number of carbonyl (C=O) groups excluding carboxylic acids is 1. The average Bonchev–Trinajstić information content (AvgIpc) is 2.46. The van der Waals surface area contributed by atoms with Gasteiger partial charge in [-0.05, 0) is 42.4 Å². The van der Waals surface area contributed by atoms with E-state index in [0.717, 1.165) is 38.1 Å². The number of likely N-dealkylation sites (tertiary alicyclic amines) is 1. The lowest BCUT2D eigenvalue weighted by Crippen LogP contribution is -2.36. The molecule has 0 N–H and O–H groups in total. The summed E-state index contributed by atoms with van der Waals surface area (Å²) in [6.07, 6.45) is 3.09. The second kappa shape index (κ2) is 6.09. The van der Waals surface area contributed by atoms with Crippen molar-refractivity contribution in [2.45, 2.75) is 39.0 Å². The number of benzene rings is 1. The van der Waals surface area contributed by atoms with Crippen LogP contribution >= 0.6 is 0 Å². The van der Waals surface area contributed by atoms with Crippen LogP contribution in [-0.4, -0.2) is 31.0 Å². The third-order valence-corrected chi connectivity index (χ3v) is 4.09. The molecule has 3 nitrogen and oxygen atoms in total. The Bertz CT molecular complexity index is 448. The van der Waals surface area contributed by atoms with E-state index >= 15 is 0 Å². The van der Waals surface area contributed by atoms with Gasteiger partial charge in [0, 0.05) is 20.0 Å². The molecule has 0 spiro atoms. The van der Waals surface area contributed by atoms with Gasteiger partial charge in [-0.25, -0.2) is 0 Å². The molecule has 1 aliphatic heterocycles. The fourth-order valence-corrected chi connectivity index (χ4v) is 2.82. The fraction of sp³-hybridized carbons (Fsp3) is 0.562. The molecular formula is C16H23NO2. The highest BCUT2D eigenvalue weighted by Gasteiger charge is 2.24. The highest BCUT2D eigenvalue weighted by molar-refractivity contribution is 5.73. The molecule has 1 aromatic carbocycles. The predicted octanol–water partition coefficient (Wildman–Crippen LogP) is 2.98. The number of hydrogen-bond acceptors (Lipinski definition) is 2. The summed E-state index contributed by atoms with van der Waals surface area (Å²) in [4.78, 5) is 13.3. The summed E-state index contributed by atoms with van der Waals surface area (Å²) in [6.45, 7) is 5.52. The van der Waals surface area contributed by atoms with Crippen molar-refractivity contribution in [2.24, 2.45) is 0 Å². The van der Waals surface area contributed by atoms with Crippen molar-refractivity contribution in [1.29, 1.82) is 0 Å². The van der Waals surface area contributed by atoms with Gasteiger partial charge in [0.1, 0.15) is 5.75 Å². The van der Waals surface area contributed by atoms with E-state index in [0.29, 0.717) is 5.92 Å². The largest absolute Gasteiger partial charge is 0.496 e. The number of aryl methyl sites for hydroxylation is 1. The van der Waals surface area contributed by atoms with E-state index in [9.17, 15) is 4.79 Å². The lowest BCUT2D eigenvalue weighted by atomic mass is 9.88. The smallest absolute Gasteiger partial charge is 0.219 e. The van der Waals surface area contributed by atoms with Gasteiger partial charge >= 0.3 is 0 Å². The Hall–Kier alpha value is -1.51. The van der Waals surface area contributed by atoms with Gasteiger partial charge in [-0.15, -0.1) is 0 Å². The number of ether oxygens (including phenoxy) is 1. The van der Waals surface area contributed by atoms with E-state index in [1.54, 1.807) is 14.0 Å². The maximum Gasteiger partial charge on any atom is 0.219 e. The van der Waals surface area contributed by atoms with Crippen LogP contribution in [0, 0.1) is 0 Å². The topological polar surface area (TPSA) is 29.5 Å². The molecule has 104 valence electrons. The molecule has 0 aromatic heterocycles. The maximum atomic E-state index is 11.3. The van der Waals surface area contributed by atoms with E-state index in [2.05, 4.69) is 25.1 Å². The second-order valence-electron chi connectivity index (χ2n) is 5.21. The molecule has 0 saturated carbocycles. The zero-order chi connectivity index (χ0) is 13.8. The number of rotatable bonds is 3. The van der Waals surface area contributed by atoms with Crippen LogP contribution in [0.3, 0.4) is 0 Å². The lowest BCUT2D eigenvalue weighted by molar-refractivity contribution is -0.129. The van der Waals surface area contributed by atoms with E-state index in [1.807, 2.05) is 4.90 Å². The summed E-state index contributed by atoms with van der Waals surface area (Å²) in [5, 5.41) is 0. The molecule has 1 aliphatic rings. The van der Waals surface area contributed by atoms with Crippen LogP contribution in [-0.2, 0) is 11.2 Å². The molecule has 1 heterocycles. The minimum Gasteiger partial charge on any atom is -0.496 e. The Labute approximate surface area is 115 Å². The van der Waals surface area contributed by atoms with E-state index < -0.39 is 0 Å². The normalized spacial score (nSPS) is 16.5. The molecule has 19 heavy (non-hydrogen) atoms. The van der Waals surface area contributed by atoms with Crippen LogP contribution in [0.5, 0.6) is 5.75 Å². The van der Waals surface area contributed by atoms with Gasteiger partial charge in [0.25, 0.3) is 0 Å². The van der Waals surface area contributed by atoms with Crippen LogP contribution < -0.4 is 4.74 Å². The summed E-state index contributed by atoms with van der Waals surface area (Å²) in [5.74, 6) is 1.70. The Morgan fingerprint density at radius 1 is 1.37 bits per heavy atom. The van der Waals surface area contributed by atoms with Crippen LogP contribution in [0.15, 0.2) is 18.2 Å². The molecule has 0 aliphatic carbocycles. The molecule has 3 heteroatoms. The summed E-state index contributed by atoms with van der Waals surface area (Å²) in [5.41, 5.74) is 2.60. The molecule has 1 saturated heterocycles. The Morgan fingerprint density at radius 2 is 2.05 bits per heavy atom. The first-order valence-electron chi connectivity index (χ1n) is 7.08. The van der Waals surface area contributed by atoms with Crippen LogP contribution in [0.4, 0.5) is 0 Å². The third-order valence-electron chi connectivity index (χ3n) is 4.09. The Morgan fingerprint density at radius 3 is 2.58 bits per heavy atom. The lowest BCUT2D eigenvalue weighted by Gasteiger charge is -2.32. The van der Waals surface area contributed by atoms with Crippen molar-refractivity contribution in [3.05, 3.63) is 29.3 Å². The van der Waals surface area contributed by atoms with Crippen molar-refractivity contribution >= 4 is 5.91 Å². The highest BCUT2D eigenvalue weighted by Crippen LogP contribution is 2.34. The van der Waals surface area contributed by atoms with Gasteiger partial charge < -0.3 is 9.64 Å². The molecular weight excluding hydrogens is 238 g/mol. The Balaban J connectivity index is 2.12. The van der Waals surface area contributed by atoms with Crippen LogP contribution in [0.1, 0.15) is 43.7 Å². The maximum absolute atomic E-state index is 11.3. The number of hydrogen-bond donors (Lipinski definition) is 0. The van der Waals surface area contributed by atoms with Gasteiger partial charge in [0.05, 0.1) is 7.11 Å².